The van der Waals surface area contributed by atoms with Crippen LogP contribution in [0.2, 0.25) is 0 Å². The van der Waals surface area contributed by atoms with Gasteiger partial charge in [0.15, 0.2) is 0 Å². The van der Waals surface area contributed by atoms with Crippen LogP contribution in [0, 0.1) is 0 Å². The Hall–Kier alpha value is -0.120. The van der Waals surface area contributed by atoms with Crippen LogP contribution >= 0.6 is 0 Å². The normalized spacial score (nSPS) is 32.1. The number of aliphatic hydroxyl groups is 1. The van der Waals surface area contributed by atoms with Crippen LogP contribution < -0.4 is 11.1 Å². The summed E-state index contributed by atoms with van der Waals surface area (Å²) in [6, 6.07) is 0.109. The van der Waals surface area contributed by atoms with Gasteiger partial charge < -0.3 is 16.2 Å². The molecule has 1 heterocycles. The molecule has 1 saturated heterocycles. The van der Waals surface area contributed by atoms with Gasteiger partial charge in [-0.05, 0) is 25.8 Å². The lowest BCUT2D eigenvalue weighted by Crippen LogP contribution is -2.54. The Morgan fingerprint density at radius 1 is 1.80 bits per heavy atom. The number of hydrogen-bond donors (Lipinski definition) is 3. The van der Waals surface area contributed by atoms with Crippen LogP contribution in [0.1, 0.15) is 26.2 Å². The smallest absolute Gasteiger partial charge is 0.128 e. The minimum atomic E-state index is -0.990. The summed E-state index contributed by atoms with van der Waals surface area (Å²) in [7, 11) is 0. The monoisotopic (exact) mass is 144 g/mol. The minimum absolute atomic E-state index is 0.109. The summed E-state index contributed by atoms with van der Waals surface area (Å²) in [4.78, 5) is 0. The lowest BCUT2D eigenvalue weighted by molar-refractivity contribution is 0.00987. The molecule has 2 unspecified atom stereocenters. The average Bonchev–Trinajstić information content (AvgIpc) is 2.38. The molecule has 10 heavy (non-hydrogen) atoms. The molecule has 0 spiro atoms. The highest BCUT2D eigenvalue weighted by Crippen LogP contribution is 2.16. The van der Waals surface area contributed by atoms with Crippen LogP contribution in [0.4, 0.5) is 0 Å². The highest BCUT2D eigenvalue weighted by molar-refractivity contribution is 4.88. The molecule has 60 valence electrons. The van der Waals surface area contributed by atoms with E-state index in [-0.39, 0.29) is 6.04 Å². The van der Waals surface area contributed by atoms with E-state index in [1.807, 2.05) is 6.92 Å². The number of hydrogen-bond acceptors (Lipinski definition) is 3. The summed E-state index contributed by atoms with van der Waals surface area (Å²) in [5.74, 6) is 0. The summed E-state index contributed by atoms with van der Waals surface area (Å²) >= 11 is 0. The van der Waals surface area contributed by atoms with Gasteiger partial charge in [0, 0.05) is 6.04 Å². The zero-order valence-electron chi connectivity index (χ0n) is 6.43. The maximum Gasteiger partial charge on any atom is 0.128 e. The van der Waals surface area contributed by atoms with E-state index >= 15 is 0 Å². The summed E-state index contributed by atoms with van der Waals surface area (Å²) < 4.78 is 0. The zero-order valence-corrected chi connectivity index (χ0v) is 6.43. The van der Waals surface area contributed by atoms with E-state index in [0.29, 0.717) is 6.42 Å². The van der Waals surface area contributed by atoms with Crippen molar-refractivity contribution in [2.75, 3.05) is 6.54 Å². The van der Waals surface area contributed by atoms with Crippen molar-refractivity contribution >= 4 is 0 Å². The highest BCUT2D eigenvalue weighted by Gasteiger charge is 2.32. The molecular formula is C7H16N2O. The maximum atomic E-state index is 9.54. The average molecular weight is 144 g/mol. The van der Waals surface area contributed by atoms with Gasteiger partial charge in [0.2, 0.25) is 0 Å². The van der Waals surface area contributed by atoms with Gasteiger partial charge in [0.25, 0.3) is 0 Å². The van der Waals surface area contributed by atoms with E-state index in [4.69, 9.17) is 5.73 Å². The summed E-state index contributed by atoms with van der Waals surface area (Å²) in [5, 5.41) is 12.7. The number of nitrogens with two attached hydrogens (primary N) is 1. The molecule has 0 amide bonds. The van der Waals surface area contributed by atoms with Gasteiger partial charge in [0.05, 0.1) is 0 Å². The SMILES string of the molecule is CCC(N)(O)C1CCCN1. The van der Waals surface area contributed by atoms with Crippen LogP contribution in [0.5, 0.6) is 0 Å². The molecule has 3 nitrogen and oxygen atoms in total. The molecule has 0 saturated carbocycles. The Balaban J connectivity index is 2.45. The van der Waals surface area contributed by atoms with E-state index in [1.54, 1.807) is 0 Å². The van der Waals surface area contributed by atoms with E-state index in [9.17, 15) is 5.11 Å². The first kappa shape index (κ1) is 7.98. The second-order valence-electron chi connectivity index (χ2n) is 2.99. The zero-order chi connectivity index (χ0) is 7.61. The van der Waals surface area contributed by atoms with Crippen molar-refractivity contribution < 1.29 is 5.11 Å². The third-order valence-electron chi connectivity index (χ3n) is 2.23. The Morgan fingerprint density at radius 3 is 2.90 bits per heavy atom. The topological polar surface area (TPSA) is 58.3 Å². The van der Waals surface area contributed by atoms with Gasteiger partial charge in [0.1, 0.15) is 5.72 Å². The van der Waals surface area contributed by atoms with Gasteiger partial charge in [-0.25, -0.2) is 0 Å². The van der Waals surface area contributed by atoms with Crippen LogP contribution in [0.15, 0.2) is 0 Å². The predicted octanol–water partition coefficient (Wildman–Crippen LogP) is -0.204. The Labute approximate surface area is 61.6 Å². The standard InChI is InChI=1S/C7H16N2O/c1-2-7(8,10)6-4-3-5-9-6/h6,9-10H,2-5,8H2,1H3. The maximum absolute atomic E-state index is 9.54. The first-order valence-corrected chi connectivity index (χ1v) is 3.91. The van der Waals surface area contributed by atoms with Gasteiger partial charge in [-0.1, -0.05) is 6.92 Å². The van der Waals surface area contributed by atoms with Crippen molar-refractivity contribution in [2.45, 2.75) is 38.0 Å². The van der Waals surface area contributed by atoms with E-state index in [0.717, 1.165) is 19.4 Å². The Kier molecular flexibility index (Phi) is 2.28. The fraction of sp³-hybridized carbons (Fsp3) is 1.00. The van der Waals surface area contributed by atoms with Gasteiger partial charge in [-0.15, -0.1) is 0 Å². The Bertz CT molecular complexity index is 108. The van der Waals surface area contributed by atoms with Crippen molar-refractivity contribution in [1.82, 2.24) is 5.32 Å². The minimum Gasteiger partial charge on any atom is -0.374 e. The second-order valence-corrected chi connectivity index (χ2v) is 2.99. The summed E-state index contributed by atoms with van der Waals surface area (Å²) in [6.45, 7) is 2.89. The van der Waals surface area contributed by atoms with Gasteiger partial charge in [-0.3, -0.25) is 0 Å². The van der Waals surface area contributed by atoms with Crippen LogP contribution in [-0.2, 0) is 0 Å². The van der Waals surface area contributed by atoms with Gasteiger partial charge >= 0.3 is 0 Å². The van der Waals surface area contributed by atoms with Crippen LogP contribution in [0.3, 0.4) is 0 Å². The van der Waals surface area contributed by atoms with Crippen molar-refractivity contribution in [1.29, 1.82) is 0 Å². The largest absolute Gasteiger partial charge is 0.374 e. The van der Waals surface area contributed by atoms with Crippen molar-refractivity contribution in [2.24, 2.45) is 5.73 Å². The molecule has 0 aromatic heterocycles. The lowest BCUT2D eigenvalue weighted by Gasteiger charge is -2.28. The van der Waals surface area contributed by atoms with E-state index < -0.39 is 5.72 Å². The van der Waals surface area contributed by atoms with Crippen LogP contribution in [-0.4, -0.2) is 23.4 Å². The molecule has 0 aromatic rings. The van der Waals surface area contributed by atoms with E-state index in [1.165, 1.54) is 0 Å². The highest BCUT2D eigenvalue weighted by atomic mass is 16.3. The fourth-order valence-electron chi connectivity index (χ4n) is 1.36. The molecule has 0 bridgehead atoms. The predicted molar refractivity (Wildman–Crippen MR) is 40.5 cm³/mol. The summed E-state index contributed by atoms with van der Waals surface area (Å²) in [5.41, 5.74) is 4.62. The molecule has 1 fully saturated rings. The number of rotatable bonds is 2. The van der Waals surface area contributed by atoms with Crippen molar-refractivity contribution in [3.63, 3.8) is 0 Å². The second kappa shape index (κ2) is 2.86. The third kappa shape index (κ3) is 1.48. The first-order valence-electron chi connectivity index (χ1n) is 3.91. The first-order chi connectivity index (χ1) is 4.67. The molecule has 2 atom stereocenters. The number of nitrogens with one attached hydrogen (secondary N) is 1. The summed E-state index contributed by atoms with van der Waals surface area (Å²) in [6.07, 6.45) is 2.75. The third-order valence-corrected chi connectivity index (χ3v) is 2.23. The molecule has 4 N–H and O–H groups in total. The van der Waals surface area contributed by atoms with E-state index in [2.05, 4.69) is 5.32 Å². The lowest BCUT2D eigenvalue weighted by atomic mass is 10.0. The Morgan fingerprint density at radius 2 is 2.50 bits per heavy atom. The molecule has 1 aliphatic heterocycles. The molecule has 1 rings (SSSR count). The quantitative estimate of drug-likeness (QED) is 0.470. The fourth-order valence-corrected chi connectivity index (χ4v) is 1.36. The molecular weight excluding hydrogens is 128 g/mol. The molecule has 0 aromatic carbocycles. The van der Waals surface area contributed by atoms with Crippen molar-refractivity contribution in [3.05, 3.63) is 0 Å². The van der Waals surface area contributed by atoms with Crippen LogP contribution in [0.25, 0.3) is 0 Å². The van der Waals surface area contributed by atoms with Crippen molar-refractivity contribution in [3.8, 4) is 0 Å². The molecule has 1 aliphatic rings. The molecule has 0 aliphatic carbocycles. The van der Waals surface area contributed by atoms with Gasteiger partial charge in [-0.2, -0.15) is 0 Å². The molecule has 0 radical (unpaired) electrons. The molecule has 3 heteroatoms.